The Balaban J connectivity index is 1.80. The summed E-state index contributed by atoms with van der Waals surface area (Å²) in [6, 6.07) is 21.9. The van der Waals surface area contributed by atoms with Crippen LogP contribution in [0.1, 0.15) is 33.2 Å². The number of Topliss-reactive ketones (excluding diaryl/α,β-unsaturated/α-hetero) is 1. The number of nitrogens with one attached hydrogen (secondary N) is 1. The molecule has 5 heteroatoms. The van der Waals surface area contributed by atoms with Crippen molar-refractivity contribution in [3.05, 3.63) is 94.5 Å². The third-order valence-electron chi connectivity index (χ3n) is 5.03. The number of nitrogens with zero attached hydrogens (tertiary/aromatic N) is 1. The van der Waals surface area contributed by atoms with Gasteiger partial charge in [-0.15, -0.1) is 0 Å². The fourth-order valence-corrected chi connectivity index (χ4v) is 3.60. The summed E-state index contributed by atoms with van der Waals surface area (Å²) in [5, 5.41) is 4.37. The Hall–Kier alpha value is -3.50. The van der Waals surface area contributed by atoms with Gasteiger partial charge in [-0.25, -0.2) is 4.98 Å². The molecule has 0 aliphatic heterocycles. The number of halogens is 1. The molecule has 3 aromatic carbocycles. The van der Waals surface area contributed by atoms with Gasteiger partial charge in [0.15, 0.2) is 5.78 Å². The SMILES string of the molecule is CC(=O)c1ccc(NC(=O)c2c(C)c(-c3ccc(Cl)cc3)nc3ccccc23)cc1. The molecule has 0 fully saturated rings. The summed E-state index contributed by atoms with van der Waals surface area (Å²) in [5.41, 5.74) is 4.95. The van der Waals surface area contributed by atoms with Gasteiger partial charge in [0.25, 0.3) is 5.91 Å². The molecule has 1 amide bonds. The van der Waals surface area contributed by atoms with E-state index in [-0.39, 0.29) is 11.7 Å². The highest BCUT2D eigenvalue weighted by Crippen LogP contribution is 2.31. The number of aromatic nitrogens is 1. The first kappa shape index (κ1) is 19.8. The third-order valence-corrected chi connectivity index (χ3v) is 5.28. The predicted molar refractivity (Wildman–Crippen MR) is 121 cm³/mol. The highest BCUT2D eigenvalue weighted by atomic mass is 35.5. The molecule has 30 heavy (non-hydrogen) atoms. The molecule has 0 spiro atoms. The number of fused-ring (bicyclic) bond motifs is 1. The standard InChI is InChI=1S/C25H19ClN2O2/c1-15-23(25(30)27-20-13-9-17(10-14-20)16(2)29)21-5-3-4-6-22(21)28-24(15)18-7-11-19(26)12-8-18/h3-14H,1-2H3,(H,27,30). The number of anilines is 1. The van der Waals surface area contributed by atoms with E-state index in [4.69, 9.17) is 16.6 Å². The Labute approximate surface area is 179 Å². The van der Waals surface area contributed by atoms with Gasteiger partial charge in [0, 0.05) is 27.2 Å². The van der Waals surface area contributed by atoms with Crippen LogP contribution in [0.25, 0.3) is 22.2 Å². The Kier molecular flexibility index (Phi) is 5.34. The number of hydrogen-bond donors (Lipinski definition) is 1. The zero-order valence-corrected chi connectivity index (χ0v) is 17.3. The number of para-hydroxylation sites is 1. The summed E-state index contributed by atoms with van der Waals surface area (Å²) in [5.74, 6) is -0.242. The number of ketones is 1. The molecule has 1 heterocycles. The van der Waals surface area contributed by atoms with E-state index in [1.54, 1.807) is 24.3 Å². The zero-order valence-electron chi connectivity index (χ0n) is 16.6. The van der Waals surface area contributed by atoms with Gasteiger partial charge in [0.05, 0.1) is 16.8 Å². The number of hydrogen-bond acceptors (Lipinski definition) is 3. The number of benzene rings is 3. The highest BCUT2D eigenvalue weighted by Gasteiger charge is 2.19. The Morgan fingerprint density at radius 2 is 1.57 bits per heavy atom. The zero-order chi connectivity index (χ0) is 21.3. The van der Waals surface area contributed by atoms with Crippen LogP contribution in [0.15, 0.2) is 72.8 Å². The van der Waals surface area contributed by atoms with E-state index >= 15 is 0 Å². The molecule has 0 saturated carbocycles. The Bertz CT molecular complexity index is 1260. The van der Waals surface area contributed by atoms with Gasteiger partial charge in [-0.3, -0.25) is 9.59 Å². The molecule has 0 radical (unpaired) electrons. The van der Waals surface area contributed by atoms with Gasteiger partial charge in [-0.05, 0) is 61.9 Å². The quantitative estimate of drug-likeness (QED) is 0.397. The average Bonchev–Trinajstić information content (AvgIpc) is 2.74. The normalized spacial score (nSPS) is 10.8. The first-order valence-corrected chi connectivity index (χ1v) is 9.89. The van der Waals surface area contributed by atoms with Crippen molar-refractivity contribution in [3.63, 3.8) is 0 Å². The summed E-state index contributed by atoms with van der Waals surface area (Å²) in [6.07, 6.45) is 0. The van der Waals surface area contributed by atoms with Gasteiger partial charge in [0.2, 0.25) is 0 Å². The lowest BCUT2D eigenvalue weighted by molar-refractivity contribution is 0.101. The van der Waals surface area contributed by atoms with Crippen LogP contribution >= 0.6 is 11.6 Å². The van der Waals surface area contributed by atoms with E-state index in [0.29, 0.717) is 21.8 Å². The maximum absolute atomic E-state index is 13.3. The summed E-state index contributed by atoms with van der Waals surface area (Å²) in [6.45, 7) is 3.41. The van der Waals surface area contributed by atoms with Crippen molar-refractivity contribution < 1.29 is 9.59 Å². The molecule has 148 valence electrons. The molecule has 0 bridgehead atoms. The van der Waals surface area contributed by atoms with E-state index in [1.165, 1.54) is 6.92 Å². The minimum atomic E-state index is -0.225. The van der Waals surface area contributed by atoms with Crippen LogP contribution in [-0.4, -0.2) is 16.7 Å². The number of amides is 1. The van der Waals surface area contributed by atoms with Crippen LogP contribution < -0.4 is 5.32 Å². The van der Waals surface area contributed by atoms with Crippen LogP contribution in [0.5, 0.6) is 0 Å². The molecular weight excluding hydrogens is 396 g/mol. The minimum Gasteiger partial charge on any atom is -0.322 e. The molecule has 1 aromatic heterocycles. The van der Waals surface area contributed by atoms with Gasteiger partial charge >= 0.3 is 0 Å². The topological polar surface area (TPSA) is 59.1 Å². The maximum atomic E-state index is 13.3. The number of pyridine rings is 1. The lowest BCUT2D eigenvalue weighted by Crippen LogP contribution is -2.15. The van der Waals surface area contributed by atoms with Gasteiger partial charge in [-0.2, -0.15) is 0 Å². The van der Waals surface area contributed by atoms with Crippen LogP contribution in [0.3, 0.4) is 0 Å². The van der Waals surface area contributed by atoms with Gasteiger partial charge < -0.3 is 5.32 Å². The van der Waals surface area contributed by atoms with Crippen molar-refractivity contribution >= 4 is 39.9 Å². The third kappa shape index (κ3) is 3.82. The van der Waals surface area contributed by atoms with Crippen LogP contribution in [0.2, 0.25) is 5.02 Å². The monoisotopic (exact) mass is 414 g/mol. The molecule has 1 N–H and O–H groups in total. The summed E-state index contributed by atoms with van der Waals surface area (Å²) < 4.78 is 0. The summed E-state index contributed by atoms with van der Waals surface area (Å²) in [4.78, 5) is 29.6. The predicted octanol–water partition coefficient (Wildman–Crippen LogP) is 6.32. The van der Waals surface area contributed by atoms with Crippen LogP contribution in [0, 0.1) is 6.92 Å². The van der Waals surface area contributed by atoms with Crippen LogP contribution in [-0.2, 0) is 0 Å². The fourth-order valence-electron chi connectivity index (χ4n) is 3.47. The van der Waals surface area contributed by atoms with Crippen molar-refractivity contribution in [2.45, 2.75) is 13.8 Å². The Morgan fingerprint density at radius 3 is 2.23 bits per heavy atom. The molecule has 0 aliphatic rings. The number of carbonyl (C=O) groups excluding carboxylic acids is 2. The summed E-state index contributed by atoms with van der Waals surface area (Å²) in [7, 11) is 0. The average molecular weight is 415 g/mol. The van der Waals surface area contributed by atoms with Crippen molar-refractivity contribution in [2.75, 3.05) is 5.32 Å². The van der Waals surface area contributed by atoms with Crippen molar-refractivity contribution in [2.24, 2.45) is 0 Å². The largest absolute Gasteiger partial charge is 0.322 e. The molecule has 0 unspecified atom stereocenters. The first-order chi connectivity index (χ1) is 14.4. The molecular formula is C25H19ClN2O2. The molecule has 0 aliphatic carbocycles. The molecule has 0 saturated heterocycles. The van der Waals surface area contributed by atoms with Gasteiger partial charge in [-0.1, -0.05) is 41.9 Å². The smallest absolute Gasteiger partial charge is 0.256 e. The van der Waals surface area contributed by atoms with Crippen molar-refractivity contribution in [1.82, 2.24) is 4.98 Å². The van der Waals surface area contributed by atoms with E-state index in [2.05, 4.69) is 5.32 Å². The van der Waals surface area contributed by atoms with E-state index in [9.17, 15) is 9.59 Å². The molecule has 4 nitrogen and oxygen atoms in total. The molecule has 4 aromatic rings. The second-order valence-corrected chi connectivity index (χ2v) is 7.51. The van der Waals surface area contributed by atoms with Crippen molar-refractivity contribution in [1.29, 1.82) is 0 Å². The highest BCUT2D eigenvalue weighted by molar-refractivity contribution is 6.30. The molecule has 0 atom stereocenters. The lowest BCUT2D eigenvalue weighted by atomic mass is 9.97. The van der Waals surface area contributed by atoms with Crippen molar-refractivity contribution in [3.8, 4) is 11.3 Å². The Morgan fingerprint density at radius 1 is 0.900 bits per heavy atom. The van der Waals surface area contributed by atoms with E-state index in [1.807, 2.05) is 55.5 Å². The van der Waals surface area contributed by atoms with Gasteiger partial charge in [0.1, 0.15) is 0 Å². The fraction of sp³-hybridized carbons (Fsp3) is 0.0800. The first-order valence-electron chi connectivity index (χ1n) is 9.51. The minimum absolute atomic E-state index is 0.0172. The van der Waals surface area contributed by atoms with E-state index < -0.39 is 0 Å². The second-order valence-electron chi connectivity index (χ2n) is 7.07. The summed E-state index contributed by atoms with van der Waals surface area (Å²) >= 11 is 6.03. The van der Waals surface area contributed by atoms with Crippen LogP contribution in [0.4, 0.5) is 5.69 Å². The second kappa shape index (κ2) is 8.09. The number of carbonyl (C=O) groups is 2. The number of rotatable bonds is 4. The lowest BCUT2D eigenvalue weighted by Gasteiger charge is -2.15. The maximum Gasteiger partial charge on any atom is 0.256 e. The molecule has 4 rings (SSSR count). The van der Waals surface area contributed by atoms with E-state index in [0.717, 1.165) is 27.7 Å².